The Morgan fingerprint density at radius 1 is 0.923 bits per heavy atom. The van der Waals surface area contributed by atoms with Crippen LogP contribution in [0.4, 0.5) is 11.5 Å². The van der Waals surface area contributed by atoms with Crippen LogP contribution in [0, 0.1) is 13.8 Å². The minimum absolute atomic E-state index is 0.0405. The molecule has 136 valence electrons. The number of aryl methyl sites for hydroxylation is 2. The smallest absolute Gasteiger partial charge is 0.274 e. The van der Waals surface area contributed by atoms with Gasteiger partial charge in [0.25, 0.3) is 5.91 Å². The van der Waals surface area contributed by atoms with Crippen molar-refractivity contribution in [1.82, 2.24) is 19.8 Å². The first-order chi connectivity index (χ1) is 12.4. The molecule has 0 unspecified atom stereocenters. The van der Waals surface area contributed by atoms with Crippen LogP contribution in [0.1, 0.15) is 28.5 Å². The third kappa shape index (κ3) is 4.17. The lowest BCUT2D eigenvalue weighted by Crippen LogP contribution is -2.50. The standard InChI is InChI=1S/C19H23N5O2/c1-13-8-14(2)10-16(9-13)22-18-12-20-17(11-21-18)19(26)24-6-4-23(5-7-24)15(3)25/h8-12H,4-7H2,1-3H3,(H,21,22). The van der Waals surface area contributed by atoms with Crippen LogP contribution in [0.15, 0.2) is 30.6 Å². The van der Waals surface area contributed by atoms with Crippen molar-refractivity contribution in [3.8, 4) is 0 Å². The molecule has 7 nitrogen and oxygen atoms in total. The minimum Gasteiger partial charge on any atom is -0.339 e. The Morgan fingerprint density at radius 3 is 2.08 bits per heavy atom. The molecule has 1 aromatic carbocycles. The topological polar surface area (TPSA) is 78.4 Å². The van der Waals surface area contributed by atoms with Crippen molar-refractivity contribution >= 4 is 23.3 Å². The second-order valence-electron chi connectivity index (χ2n) is 6.59. The van der Waals surface area contributed by atoms with Gasteiger partial charge in [-0.3, -0.25) is 9.59 Å². The lowest BCUT2D eigenvalue weighted by Gasteiger charge is -2.33. The van der Waals surface area contributed by atoms with Gasteiger partial charge in [-0.25, -0.2) is 9.97 Å². The molecule has 1 aliphatic heterocycles. The van der Waals surface area contributed by atoms with E-state index in [2.05, 4.69) is 21.4 Å². The van der Waals surface area contributed by atoms with Crippen molar-refractivity contribution in [2.45, 2.75) is 20.8 Å². The molecule has 0 radical (unpaired) electrons. The molecule has 1 N–H and O–H groups in total. The quantitative estimate of drug-likeness (QED) is 0.915. The van der Waals surface area contributed by atoms with Gasteiger partial charge in [0, 0.05) is 38.8 Å². The Hall–Kier alpha value is -2.96. The number of hydrogen-bond acceptors (Lipinski definition) is 5. The van der Waals surface area contributed by atoms with Crippen LogP contribution >= 0.6 is 0 Å². The number of amides is 2. The summed E-state index contributed by atoms with van der Waals surface area (Å²) in [6.07, 6.45) is 3.06. The summed E-state index contributed by atoms with van der Waals surface area (Å²) in [6.45, 7) is 7.77. The third-order valence-electron chi connectivity index (χ3n) is 4.38. The van der Waals surface area contributed by atoms with Gasteiger partial charge in [-0.2, -0.15) is 0 Å². The molecule has 7 heteroatoms. The average Bonchev–Trinajstić information content (AvgIpc) is 2.61. The van der Waals surface area contributed by atoms with Crippen molar-refractivity contribution in [3.05, 3.63) is 47.4 Å². The van der Waals surface area contributed by atoms with Gasteiger partial charge in [-0.1, -0.05) is 6.07 Å². The zero-order valence-electron chi connectivity index (χ0n) is 15.3. The fraction of sp³-hybridized carbons (Fsp3) is 0.368. The molecule has 1 saturated heterocycles. The van der Waals surface area contributed by atoms with Crippen LogP contribution in [-0.2, 0) is 4.79 Å². The fourth-order valence-electron chi connectivity index (χ4n) is 3.08. The summed E-state index contributed by atoms with van der Waals surface area (Å²) < 4.78 is 0. The van der Waals surface area contributed by atoms with E-state index in [9.17, 15) is 9.59 Å². The number of nitrogens with zero attached hydrogens (tertiary/aromatic N) is 4. The lowest BCUT2D eigenvalue weighted by molar-refractivity contribution is -0.130. The van der Waals surface area contributed by atoms with E-state index in [4.69, 9.17) is 0 Å². The molecule has 2 amide bonds. The molecule has 2 heterocycles. The van der Waals surface area contributed by atoms with Crippen molar-refractivity contribution in [1.29, 1.82) is 0 Å². The highest BCUT2D eigenvalue weighted by Gasteiger charge is 2.24. The van der Waals surface area contributed by atoms with Crippen LogP contribution < -0.4 is 5.32 Å². The number of carbonyl (C=O) groups is 2. The first-order valence-electron chi connectivity index (χ1n) is 8.64. The Morgan fingerprint density at radius 2 is 1.54 bits per heavy atom. The number of hydrogen-bond donors (Lipinski definition) is 1. The third-order valence-corrected chi connectivity index (χ3v) is 4.38. The summed E-state index contributed by atoms with van der Waals surface area (Å²) in [5.41, 5.74) is 3.58. The van der Waals surface area contributed by atoms with Crippen LogP contribution in [0.2, 0.25) is 0 Å². The summed E-state index contributed by atoms with van der Waals surface area (Å²) >= 11 is 0. The molecule has 0 bridgehead atoms. The fourth-order valence-corrected chi connectivity index (χ4v) is 3.08. The maximum atomic E-state index is 12.5. The van der Waals surface area contributed by atoms with E-state index in [0.717, 1.165) is 16.8 Å². The molecule has 1 fully saturated rings. The zero-order valence-corrected chi connectivity index (χ0v) is 15.3. The van der Waals surface area contributed by atoms with Crippen LogP contribution in [0.3, 0.4) is 0 Å². The highest BCUT2D eigenvalue weighted by atomic mass is 16.2. The van der Waals surface area contributed by atoms with E-state index >= 15 is 0 Å². The van der Waals surface area contributed by atoms with Gasteiger partial charge in [0.2, 0.25) is 5.91 Å². The van der Waals surface area contributed by atoms with E-state index in [1.54, 1.807) is 22.9 Å². The zero-order chi connectivity index (χ0) is 18.7. The van der Waals surface area contributed by atoms with Crippen LogP contribution in [0.25, 0.3) is 0 Å². The van der Waals surface area contributed by atoms with Gasteiger partial charge < -0.3 is 15.1 Å². The molecular weight excluding hydrogens is 330 g/mol. The molecule has 2 aromatic rings. The summed E-state index contributed by atoms with van der Waals surface area (Å²) in [4.78, 5) is 35.9. The number of nitrogens with one attached hydrogen (secondary N) is 1. The predicted octanol–water partition coefficient (Wildman–Crippen LogP) is 2.14. The second kappa shape index (κ2) is 7.51. The van der Waals surface area contributed by atoms with E-state index in [-0.39, 0.29) is 11.8 Å². The minimum atomic E-state index is -0.154. The van der Waals surface area contributed by atoms with E-state index in [1.165, 1.54) is 6.20 Å². The van der Waals surface area contributed by atoms with Crippen LogP contribution in [0.5, 0.6) is 0 Å². The van der Waals surface area contributed by atoms with E-state index in [1.807, 2.05) is 26.0 Å². The Kier molecular flexibility index (Phi) is 5.16. The molecule has 3 rings (SSSR count). The highest BCUT2D eigenvalue weighted by Crippen LogP contribution is 2.18. The molecule has 0 aliphatic carbocycles. The SMILES string of the molecule is CC(=O)N1CCN(C(=O)c2cnc(Nc3cc(C)cc(C)c3)cn2)CC1. The molecule has 0 spiro atoms. The van der Waals surface area contributed by atoms with E-state index in [0.29, 0.717) is 37.7 Å². The summed E-state index contributed by atoms with van der Waals surface area (Å²) in [7, 11) is 0. The lowest BCUT2D eigenvalue weighted by atomic mass is 10.1. The molecule has 1 aromatic heterocycles. The predicted molar refractivity (Wildman–Crippen MR) is 99.4 cm³/mol. The first kappa shape index (κ1) is 17.8. The highest BCUT2D eigenvalue weighted by molar-refractivity contribution is 5.92. The maximum absolute atomic E-state index is 12.5. The first-order valence-corrected chi connectivity index (χ1v) is 8.64. The van der Waals surface area contributed by atoms with E-state index < -0.39 is 0 Å². The molecule has 1 aliphatic rings. The second-order valence-corrected chi connectivity index (χ2v) is 6.59. The summed E-state index contributed by atoms with van der Waals surface area (Å²) in [6, 6.07) is 6.16. The van der Waals surface area contributed by atoms with Crippen molar-refractivity contribution < 1.29 is 9.59 Å². The van der Waals surface area contributed by atoms with Gasteiger partial charge in [0.15, 0.2) is 0 Å². The Balaban J connectivity index is 1.64. The van der Waals surface area contributed by atoms with Gasteiger partial charge in [0.1, 0.15) is 11.5 Å². The van der Waals surface area contributed by atoms with Crippen molar-refractivity contribution in [3.63, 3.8) is 0 Å². The van der Waals surface area contributed by atoms with Gasteiger partial charge in [-0.05, 0) is 37.1 Å². The molecule has 26 heavy (non-hydrogen) atoms. The van der Waals surface area contributed by atoms with Crippen LogP contribution in [-0.4, -0.2) is 57.8 Å². The van der Waals surface area contributed by atoms with Gasteiger partial charge in [-0.15, -0.1) is 0 Å². The summed E-state index contributed by atoms with van der Waals surface area (Å²) in [5, 5.41) is 3.21. The Labute approximate surface area is 153 Å². The number of benzene rings is 1. The molecule has 0 saturated carbocycles. The normalized spacial score (nSPS) is 14.3. The number of rotatable bonds is 3. The maximum Gasteiger partial charge on any atom is 0.274 e. The number of anilines is 2. The largest absolute Gasteiger partial charge is 0.339 e. The summed E-state index contributed by atoms with van der Waals surface area (Å²) in [5.74, 6) is 0.477. The molecule has 0 atom stereocenters. The number of aromatic nitrogens is 2. The van der Waals surface area contributed by atoms with Gasteiger partial charge >= 0.3 is 0 Å². The Bertz CT molecular complexity index is 791. The van der Waals surface area contributed by atoms with Crippen molar-refractivity contribution in [2.75, 3.05) is 31.5 Å². The molecular formula is C19H23N5O2. The average molecular weight is 353 g/mol. The number of carbonyl (C=O) groups excluding carboxylic acids is 2. The number of piperazine rings is 1. The van der Waals surface area contributed by atoms with Crippen molar-refractivity contribution in [2.24, 2.45) is 0 Å². The monoisotopic (exact) mass is 353 g/mol. The van der Waals surface area contributed by atoms with Gasteiger partial charge in [0.05, 0.1) is 12.4 Å².